The van der Waals surface area contributed by atoms with Crippen molar-refractivity contribution in [2.24, 2.45) is 5.41 Å². The van der Waals surface area contributed by atoms with E-state index < -0.39 is 0 Å². The number of carbonyl (C=O) groups excluding carboxylic acids is 1. The number of carbonyl (C=O) groups is 1. The second-order valence-corrected chi connectivity index (χ2v) is 4.38. The number of cyclic esters (lactones) is 1. The fraction of sp³-hybridized carbons (Fsp3) is 0.417. The van der Waals surface area contributed by atoms with Crippen LogP contribution < -0.4 is 0 Å². The minimum Gasteiger partial charge on any atom is -0.461 e. The highest BCUT2D eigenvalue weighted by Crippen LogP contribution is 2.28. The van der Waals surface area contributed by atoms with Crippen LogP contribution in [0.2, 0.25) is 0 Å². The van der Waals surface area contributed by atoms with Crippen molar-refractivity contribution in [3.63, 3.8) is 0 Å². The van der Waals surface area contributed by atoms with Gasteiger partial charge in [0.05, 0.1) is 6.42 Å². The largest absolute Gasteiger partial charge is 0.461 e. The van der Waals surface area contributed by atoms with Crippen LogP contribution in [0.4, 0.5) is 0 Å². The zero-order valence-electron chi connectivity index (χ0n) is 8.54. The first-order valence-corrected chi connectivity index (χ1v) is 4.83. The monoisotopic (exact) mass is 190 g/mol. The van der Waals surface area contributed by atoms with Crippen LogP contribution in [0, 0.1) is 5.41 Å². The highest BCUT2D eigenvalue weighted by atomic mass is 16.5. The van der Waals surface area contributed by atoms with Crippen LogP contribution in [0.15, 0.2) is 35.5 Å². The van der Waals surface area contributed by atoms with Crippen LogP contribution in [0.25, 0.3) is 0 Å². The highest BCUT2D eigenvalue weighted by molar-refractivity contribution is 5.76. The summed E-state index contributed by atoms with van der Waals surface area (Å²) in [5.41, 5.74) is 2.30. The first kappa shape index (κ1) is 9.25. The van der Waals surface area contributed by atoms with Crippen LogP contribution in [-0.2, 0) is 9.53 Å². The summed E-state index contributed by atoms with van der Waals surface area (Å²) in [4.78, 5) is 11.1. The molecular weight excluding hydrogens is 176 g/mol. The van der Waals surface area contributed by atoms with Gasteiger partial charge in [-0.05, 0) is 11.1 Å². The van der Waals surface area contributed by atoms with Crippen molar-refractivity contribution in [2.75, 3.05) is 6.61 Å². The first-order valence-electron chi connectivity index (χ1n) is 4.83. The highest BCUT2D eigenvalue weighted by Gasteiger charge is 2.20. The molecule has 2 rings (SSSR count). The summed E-state index contributed by atoms with van der Waals surface area (Å²) in [7, 11) is 0. The van der Waals surface area contributed by atoms with E-state index in [1.807, 2.05) is 0 Å². The standard InChI is InChI=1S/C12H14O2/c1-12(2)5-3-9-7-11(13)14-8-10(9)4-6-12/h3-6H,7-8H2,1-2H3. The zero-order chi connectivity index (χ0) is 10.2. The Balaban J connectivity index is 2.34. The molecule has 0 fully saturated rings. The van der Waals surface area contributed by atoms with Crippen molar-refractivity contribution in [3.05, 3.63) is 35.5 Å². The molecule has 2 aliphatic rings. The van der Waals surface area contributed by atoms with Gasteiger partial charge < -0.3 is 4.74 Å². The van der Waals surface area contributed by atoms with Crippen molar-refractivity contribution < 1.29 is 9.53 Å². The molecule has 0 spiro atoms. The van der Waals surface area contributed by atoms with Gasteiger partial charge in [-0.25, -0.2) is 0 Å². The molecule has 1 aliphatic heterocycles. The molecule has 1 heterocycles. The van der Waals surface area contributed by atoms with E-state index in [0.717, 1.165) is 11.1 Å². The normalized spacial score (nSPS) is 24.3. The van der Waals surface area contributed by atoms with E-state index in [0.29, 0.717) is 13.0 Å². The molecule has 0 radical (unpaired) electrons. The first-order chi connectivity index (χ1) is 6.57. The van der Waals surface area contributed by atoms with Crippen LogP contribution >= 0.6 is 0 Å². The third-order valence-corrected chi connectivity index (χ3v) is 2.56. The number of ether oxygens (including phenoxy) is 1. The van der Waals surface area contributed by atoms with Gasteiger partial charge in [-0.3, -0.25) is 4.79 Å². The Kier molecular flexibility index (Phi) is 2.06. The van der Waals surface area contributed by atoms with Gasteiger partial charge in [-0.15, -0.1) is 0 Å². The molecule has 0 bridgehead atoms. The summed E-state index contributed by atoms with van der Waals surface area (Å²) in [6.45, 7) is 4.70. The molecule has 0 N–H and O–H groups in total. The lowest BCUT2D eigenvalue weighted by atomic mass is 9.93. The van der Waals surface area contributed by atoms with Crippen molar-refractivity contribution >= 4 is 5.97 Å². The molecule has 0 saturated carbocycles. The number of hydrogen-bond donors (Lipinski definition) is 0. The third kappa shape index (κ3) is 1.79. The molecule has 0 saturated heterocycles. The molecule has 14 heavy (non-hydrogen) atoms. The van der Waals surface area contributed by atoms with Crippen molar-refractivity contribution in [1.29, 1.82) is 0 Å². The van der Waals surface area contributed by atoms with Crippen LogP contribution in [0.1, 0.15) is 20.3 Å². The molecule has 2 nitrogen and oxygen atoms in total. The van der Waals surface area contributed by atoms with Crippen LogP contribution in [0.3, 0.4) is 0 Å². The zero-order valence-corrected chi connectivity index (χ0v) is 8.54. The van der Waals surface area contributed by atoms with Crippen LogP contribution in [0.5, 0.6) is 0 Å². The predicted molar refractivity (Wildman–Crippen MR) is 54.7 cm³/mol. The van der Waals surface area contributed by atoms with E-state index in [-0.39, 0.29) is 11.4 Å². The van der Waals surface area contributed by atoms with E-state index in [1.54, 1.807) is 0 Å². The van der Waals surface area contributed by atoms with E-state index in [1.165, 1.54) is 0 Å². The average Bonchev–Trinajstić information content (AvgIpc) is 2.26. The summed E-state index contributed by atoms with van der Waals surface area (Å²) in [6.07, 6.45) is 8.80. The van der Waals surface area contributed by atoms with E-state index in [4.69, 9.17) is 4.74 Å². The molecule has 2 heteroatoms. The molecule has 0 aromatic heterocycles. The van der Waals surface area contributed by atoms with Gasteiger partial charge in [-0.1, -0.05) is 38.2 Å². The lowest BCUT2D eigenvalue weighted by Crippen LogP contribution is -2.14. The maximum absolute atomic E-state index is 11.1. The molecule has 0 atom stereocenters. The molecule has 0 amide bonds. The smallest absolute Gasteiger partial charge is 0.310 e. The van der Waals surface area contributed by atoms with Crippen LogP contribution in [-0.4, -0.2) is 12.6 Å². The average molecular weight is 190 g/mol. The maximum Gasteiger partial charge on any atom is 0.310 e. The summed E-state index contributed by atoms with van der Waals surface area (Å²) < 4.78 is 4.99. The van der Waals surface area contributed by atoms with Gasteiger partial charge >= 0.3 is 5.97 Å². The van der Waals surface area contributed by atoms with Crippen molar-refractivity contribution in [2.45, 2.75) is 20.3 Å². The number of allylic oxidation sites excluding steroid dienone is 3. The van der Waals surface area contributed by atoms with Gasteiger partial charge in [0.15, 0.2) is 0 Å². The quantitative estimate of drug-likeness (QED) is 0.548. The Morgan fingerprint density at radius 2 is 1.86 bits per heavy atom. The molecule has 1 aliphatic carbocycles. The number of hydrogen-bond acceptors (Lipinski definition) is 2. The Bertz CT molecular complexity index is 357. The minimum atomic E-state index is -0.124. The lowest BCUT2D eigenvalue weighted by Gasteiger charge is -2.14. The second-order valence-electron chi connectivity index (χ2n) is 4.38. The topological polar surface area (TPSA) is 26.3 Å². The summed E-state index contributed by atoms with van der Waals surface area (Å²) in [6, 6.07) is 0. The van der Waals surface area contributed by atoms with Gasteiger partial charge in [0.2, 0.25) is 0 Å². The predicted octanol–water partition coefficient (Wildman–Crippen LogP) is 2.38. The van der Waals surface area contributed by atoms with Crippen molar-refractivity contribution in [3.8, 4) is 0 Å². The van der Waals surface area contributed by atoms with Gasteiger partial charge in [0.1, 0.15) is 6.61 Å². The molecule has 0 aromatic rings. The molecular formula is C12H14O2. The maximum atomic E-state index is 11.1. The number of rotatable bonds is 0. The molecule has 0 unspecified atom stereocenters. The molecule has 74 valence electrons. The Labute approximate surface area is 83.9 Å². The summed E-state index contributed by atoms with van der Waals surface area (Å²) in [5.74, 6) is -0.124. The Morgan fingerprint density at radius 3 is 2.57 bits per heavy atom. The number of esters is 1. The molecule has 0 aromatic carbocycles. The van der Waals surface area contributed by atoms with E-state index in [2.05, 4.69) is 38.2 Å². The SMILES string of the molecule is CC1(C)C=CC2=C(C=C1)CC(=O)OC2. The minimum absolute atomic E-state index is 0.0698. The second kappa shape index (κ2) is 3.12. The van der Waals surface area contributed by atoms with Gasteiger partial charge in [-0.2, -0.15) is 0 Å². The third-order valence-electron chi connectivity index (χ3n) is 2.56. The Morgan fingerprint density at radius 1 is 1.21 bits per heavy atom. The summed E-state index contributed by atoms with van der Waals surface area (Å²) in [5, 5.41) is 0. The van der Waals surface area contributed by atoms with Crippen molar-refractivity contribution in [1.82, 2.24) is 0 Å². The van der Waals surface area contributed by atoms with E-state index in [9.17, 15) is 4.79 Å². The summed E-state index contributed by atoms with van der Waals surface area (Å²) >= 11 is 0. The van der Waals surface area contributed by atoms with Gasteiger partial charge in [0.25, 0.3) is 0 Å². The fourth-order valence-electron chi connectivity index (χ4n) is 1.58. The lowest BCUT2D eigenvalue weighted by molar-refractivity contribution is -0.142. The van der Waals surface area contributed by atoms with E-state index >= 15 is 0 Å². The Hall–Kier alpha value is -1.31. The fourth-order valence-corrected chi connectivity index (χ4v) is 1.58. The van der Waals surface area contributed by atoms with Gasteiger partial charge in [0, 0.05) is 5.41 Å².